The van der Waals surface area contributed by atoms with E-state index >= 15 is 0 Å². The third kappa shape index (κ3) is 2.40. The molecule has 1 aromatic carbocycles. The smallest absolute Gasteiger partial charge is 0.224 e. The van der Waals surface area contributed by atoms with Gasteiger partial charge in [-0.2, -0.15) is 4.98 Å². The van der Waals surface area contributed by atoms with Crippen molar-refractivity contribution >= 4 is 32.5 Å². The minimum absolute atomic E-state index is 0.181. The van der Waals surface area contributed by atoms with Crippen LogP contribution in [0.5, 0.6) is 0 Å². The predicted octanol–water partition coefficient (Wildman–Crippen LogP) is 0.906. The number of sulfone groups is 1. The highest BCUT2D eigenvalue weighted by Crippen LogP contribution is 2.26. The number of hydrogen-bond acceptors (Lipinski definition) is 6. The van der Waals surface area contributed by atoms with Crippen LogP contribution in [0.2, 0.25) is 0 Å². The monoisotopic (exact) mass is 292 g/mol. The molecule has 1 aromatic heterocycles. The molecule has 2 heterocycles. The zero-order valence-corrected chi connectivity index (χ0v) is 12.0. The van der Waals surface area contributed by atoms with Crippen LogP contribution in [0.4, 0.5) is 11.8 Å². The number of para-hydroxylation sites is 1. The number of nitrogens with zero attached hydrogens (tertiary/aromatic N) is 3. The minimum Gasteiger partial charge on any atom is -0.357 e. The van der Waals surface area contributed by atoms with Crippen molar-refractivity contribution < 1.29 is 8.42 Å². The first kappa shape index (κ1) is 13.1. The number of aromatic nitrogens is 2. The largest absolute Gasteiger partial charge is 0.357 e. The van der Waals surface area contributed by atoms with E-state index in [0.29, 0.717) is 19.0 Å². The predicted molar refractivity (Wildman–Crippen MR) is 80.0 cm³/mol. The molecule has 0 unspecified atom stereocenters. The number of hydrogen-bond donors (Lipinski definition) is 1. The fourth-order valence-electron chi connectivity index (χ4n) is 2.34. The second-order valence-electron chi connectivity index (χ2n) is 4.78. The van der Waals surface area contributed by atoms with Crippen LogP contribution < -0.4 is 10.2 Å². The number of anilines is 2. The highest BCUT2D eigenvalue weighted by molar-refractivity contribution is 7.91. The zero-order chi connectivity index (χ0) is 14.2. The summed E-state index contributed by atoms with van der Waals surface area (Å²) in [5.74, 6) is 1.71. The van der Waals surface area contributed by atoms with Crippen molar-refractivity contribution in [3.63, 3.8) is 0 Å². The van der Waals surface area contributed by atoms with E-state index in [0.717, 1.165) is 16.7 Å². The summed E-state index contributed by atoms with van der Waals surface area (Å²) >= 11 is 0. The third-order valence-electron chi connectivity index (χ3n) is 3.45. The van der Waals surface area contributed by atoms with Gasteiger partial charge in [-0.15, -0.1) is 0 Å². The molecule has 1 aliphatic rings. The number of rotatable bonds is 2. The van der Waals surface area contributed by atoms with Crippen LogP contribution in [0.25, 0.3) is 10.9 Å². The van der Waals surface area contributed by atoms with Crippen molar-refractivity contribution in [3.8, 4) is 0 Å². The summed E-state index contributed by atoms with van der Waals surface area (Å²) in [4.78, 5) is 10.9. The molecule has 1 aliphatic heterocycles. The Labute approximate surface area is 117 Å². The molecule has 0 amide bonds. The van der Waals surface area contributed by atoms with Gasteiger partial charge < -0.3 is 10.2 Å². The van der Waals surface area contributed by atoms with Crippen LogP contribution in [0.15, 0.2) is 24.3 Å². The summed E-state index contributed by atoms with van der Waals surface area (Å²) in [6, 6.07) is 7.77. The first-order chi connectivity index (χ1) is 9.59. The molecule has 7 heteroatoms. The Morgan fingerprint density at radius 1 is 1.15 bits per heavy atom. The van der Waals surface area contributed by atoms with E-state index in [9.17, 15) is 8.42 Å². The highest BCUT2D eigenvalue weighted by atomic mass is 32.2. The molecule has 0 atom stereocenters. The highest BCUT2D eigenvalue weighted by Gasteiger charge is 2.24. The average Bonchev–Trinajstić information content (AvgIpc) is 2.46. The Balaban J connectivity index is 2.06. The number of benzene rings is 1. The Kier molecular flexibility index (Phi) is 3.21. The van der Waals surface area contributed by atoms with E-state index in [4.69, 9.17) is 0 Å². The SMILES string of the molecule is CNc1nc(N2CCS(=O)(=O)CC2)c2ccccc2n1. The molecule has 0 saturated carbocycles. The Morgan fingerprint density at radius 2 is 1.85 bits per heavy atom. The van der Waals surface area contributed by atoms with Gasteiger partial charge in [0.15, 0.2) is 9.84 Å². The lowest BCUT2D eigenvalue weighted by Gasteiger charge is -2.28. The lowest BCUT2D eigenvalue weighted by Crippen LogP contribution is -2.40. The second-order valence-corrected chi connectivity index (χ2v) is 7.08. The van der Waals surface area contributed by atoms with Crippen LogP contribution in [0, 0.1) is 0 Å². The van der Waals surface area contributed by atoms with Crippen LogP contribution >= 0.6 is 0 Å². The molecular weight excluding hydrogens is 276 g/mol. The summed E-state index contributed by atoms with van der Waals surface area (Å²) in [5, 5.41) is 3.90. The molecule has 2 aromatic rings. The van der Waals surface area contributed by atoms with Crippen LogP contribution in [0.1, 0.15) is 0 Å². The van der Waals surface area contributed by atoms with Gasteiger partial charge in [-0.25, -0.2) is 13.4 Å². The summed E-state index contributed by atoms with van der Waals surface area (Å²) in [6.45, 7) is 0.957. The number of fused-ring (bicyclic) bond motifs is 1. The van der Waals surface area contributed by atoms with Crippen molar-refractivity contribution in [1.82, 2.24) is 9.97 Å². The normalized spacial score (nSPS) is 18.1. The van der Waals surface area contributed by atoms with E-state index in [1.54, 1.807) is 7.05 Å². The lowest BCUT2D eigenvalue weighted by molar-refractivity contribution is 0.586. The van der Waals surface area contributed by atoms with E-state index in [1.165, 1.54) is 0 Å². The van der Waals surface area contributed by atoms with Crippen molar-refractivity contribution in [3.05, 3.63) is 24.3 Å². The fourth-order valence-corrected chi connectivity index (χ4v) is 3.54. The van der Waals surface area contributed by atoms with Crippen LogP contribution in [-0.2, 0) is 9.84 Å². The Bertz CT molecular complexity index is 731. The van der Waals surface area contributed by atoms with E-state index in [2.05, 4.69) is 15.3 Å². The van der Waals surface area contributed by atoms with Crippen molar-refractivity contribution in [1.29, 1.82) is 0 Å². The lowest BCUT2D eigenvalue weighted by atomic mass is 10.2. The van der Waals surface area contributed by atoms with E-state index in [-0.39, 0.29) is 11.5 Å². The first-order valence-corrected chi connectivity index (χ1v) is 8.31. The van der Waals surface area contributed by atoms with Gasteiger partial charge >= 0.3 is 0 Å². The molecular formula is C13H16N4O2S. The molecule has 0 aliphatic carbocycles. The van der Waals surface area contributed by atoms with Crippen molar-refractivity contribution in [2.75, 3.05) is 41.9 Å². The Hall–Kier alpha value is -1.89. The van der Waals surface area contributed by atoms with Crippen LogP contribution in [0.3, 0.4) is 0 Å². The molecule has 3 rings (SSSR count). The summed E-state index contributed by atoms with van der Waals surface area (Å²) < 4.78 is 23.1. The van der Waals surface area contributed by atoms with Gasteiger partial charge in [0.2, 0.25) is 5.95 Å². The molecule has 106 valence electrons. The van der Waals surface area contributed by atoms with Gasteiger partial charge in [-0.05, 0) is 12.1 Å². The topological polar surface area (TPSA) is 75.2 Å². The second kappa shape index (κ2) is 4.90. The van der Waals surface area contributed by atoms with E-state index in [1.807, 2.05) is 29.2 Å². The summed E-state index contributed by atoms with van der Waals surface area (Å²) in [5.41, 5.74) is 0.857. The van der Waals surface area contributed by atoms with Crippen LogP contribution in [-0.4, -0.2) is 50.0 Å². The first-order valence-electron chi connectivity index (χ1n) is 6.49. The maximum atomic E-state index is 11.5. The van der Waals surface area contributed by atoms with Gasteiger partial charge in [0.1, 0.15) is 5.82 Å². The standard InChI is InChI=1S/C13H16N4O2S/c1-14-13-15-11-5-3-2-4-10(11)12(16-13)17-6-8-20(18,19)9-7-17/h2-5H,6-9H2,1H3,(H,14,15,16). The van der Waals surface area contributed by atoms with Crippen molar-refractivity contribution in [2.24, 2.45) is 0 Å². The average molecular weight is 292 g/mol. The molecule has 1 N–H and O–H groups in total. The van der Waals surface area contributed by atoms with Crippen molar-refractivity contribution in [2.45, 2.75) is 0 Å². The Morgan fingerprint density at radius 3 is 2.55 bits per heavy atom. The quantitative estimate of drug-likeness (QED) is 0.886. The number of nitrogens with one attached hydrogen (secondary N) is 1. The summed E-state index contributed by atoms with van der Waals surface area (Å²) in [7, 11) is -1.12. The molecule has 6 nitrogen and oxygen atoms in total. The molecule has 0 bridgehead atoms. The van der Waals surface area contributed by atoms with Gasteiger partial charge in [0, 0.05) is 25.5 Å². The zero-order valence-electron chi connectivity index (χ0n) is 11.2. The maximum Gasteiger partial charge on any atom is 0.224 e. The van der Waals surface area contributed by atoms with Gasteiger partial charge in [-0.1, -0.05) is 12.1 Å². The molecule has 0 radical (unpaired) electrons. The minimum atomic E-state index is -2.89. The fraction of sp³-hybridized carbons (Fsp3) is 0.385. The molecule has 0 spiro atoms. The molecule has 1 saturated heterocycles. The van der Waals surface area contributed by atoms with Gasteiger partial charge in [0.05, 0.1) is 17.0 Å². The van der Waals surface area contributed by atoms with E-state index < -0.39 is 9.84 Å². The van der Waals surface area contributed by atoms with Gasteiger partial charge in [-0.3, -0.25) is 0 Å². The van der Waals surface area contributed by atoms with Gasteiger partial charge in [0.25, 0.3) is 0 Å². The summed E-state index contributed by atoms with van der Waals surface area (Å²) in [6.07, 6.45) is 0. The molecule has 1 fully saturated rings. The molecule has 20 heavy (non-hydrogen) atoms. The maximum absolute atomic E-state index is 11.5. The third-order valence-corrected chi connectivity index (χ3v) is 5.06.